The lowest BCUT2D eigenvalue weighted by Gasteiger charge is -2.50. The molecular weight excluding hydrogens is 517 g/mol. The molecule has 0 N–H and O–H groups in total. The molecule has 6 unspecified atom stereocenters. The van der Waals surface area contributed by atoms with Crippen molar-refractivity contribution in [2.45, 2.75) is 173 Å². The number of rotatable bonds is 8. The standard InChI is InChI=1S/C37H66OSi2/c1-13-14-16-26-19-20-28(23-26)39(9,10)40(11,12)34-22-21-30-29(17-15-18-31(30)34)27-24-32(36(2,3)4)35(38-8)33(25-27)37(5,6)7/h24-26,28-31,34H,13-23H2,1-12H3. The Labute approximate surface area is 251 Å². The Morgan fingerprint density at radius 3 is 1.95 bits per heavy atom. The van der Waals surface area contributed by atoms with Crippen molar-refractivity contribution in [3.63, 3.8) is 0 Å². The SMILES string of the molecule is CCCCC1CCC([Si](C)(C)[Si](C)(C)C2CCC3C(c4cc(C(C)(C)C)c(OC)c(C(C)(C)C)c4)CCCC32)C1. The first-order chi connectivity index (χ1) is 18.5. The van der Waals surface area contributed by atoms with E-state index in [1.807, 2.05) is 7.11 Å². The van der Waals surface area contributed by atoms with E-state index >= 15 is 0 Å². The second-order valence-electron chi connectivity index (χ2n) is 17.7. The first kappa shape index (κ1) is 32.4. The van der Waals surface area contributed by atoms with Gasteiger partial charge >= 0.3 is 0 Å². The highest BCUT2D eigenvalue weighted by molar-refractivity contribution is 7.41. The predicted molar refractivity (Wildman–Crippen MR) is 183 cm³/mol. The number of ether oxygens (including phenoxy) is 1. The number of hydrogen-bond acceptors (Lipinski definition) is 1. The highest BCUT2D eigenvalue weighted by Crippen LogP contribution is 2.61. The molecule has 0 spiro atoms. The molecule has 1 nitrogen and oxygen atoms in total. The average molecular weight is 583 g/mol. The summed E-state index contributed by atoms with van der Waals surface area (Å²) in [5.41, 5.74) is 6.77. The molecule has 0 radical (unpaired) electrons. The molecule has 0 heterocycles. The highest BCUT2D eigenvalue weighted by atomic mass is 29.3. The molecule has 3 aliphatic carbocycles. The predicted octanol–water partition coefficient (Wildman–Crippen LogP) is 11.8. The van der Waals surface area contributed by atoms with Crippen molar-refractivity contribution in [1.82, 2.24) is 0 Å². The van der Waals surface area contributed by atoms with Gasteiger partial charge in [-0.05, 0) is 64.0 Å². The second kappa shape index (κ2) is 11.9. The molecule has 3 heteroatoms. The Balaban J connectivity index is 1.63. The van der Waals surface area contributed by atoms with Gasteiger partial charge in [-0.2, -0.15) is 0 Å². The number of fused-ring (bicyclic) bond motifs is 1. The first-order valence-electron chi connectivity index (χ1n) is 17.3. The summed E-state index contributed by atoms with van der Waals surface area (Å²) >= 11 is 0. The van der Waals surface area contributed by atoms with Crippen LogP contribution in [0.25, 0.3) is 0 Å². The molecule has 228 valence electrons. The number of benzene rings is 1. The van der Waals surface area contributed by atoms with Crippen LogP contribution in [-0.2, 0) is 10.8 Å². The van der Waals surface area contributed by atoms with Gasteiger partial charge in [0.1, 0.15) is 5.75 Å². The lowest BCUT2D eigenvalue weighted by atomic mass is 9.68. The van der Waals surface area contributed by atoms with E-state index in [-0.39, 0.29) is 10.8 Å². The molecule has 0 aliphatic heterocycles. The van der Waals surface area contributed by atoms with Gasteiger partial charge in [-0.1, -0.05) is 145 Å². The average Bonchev–Trinajstić information content (AvgIpc) is 3.53. The maximum absolute atomic E-state index is 6.15. The summed E-state index contributed by atoms with van der Waals surface area (Å²) in [5.74, 6) is 4.78. The van der Waals surface area contributed by atoms with Crippen molar-refractivity contribution in [3.8, 4) is 5.75 Å². The minimum atomic E-state index is -1.34. The van der Waals surface area contributed by atoms with Crippen LogP contribution < -0.4 is 4.74 Å². The second-order valence-corrected chi connectivity index (χ2v) is 33.8. The zero-order valence-electron chi connectivity index (χ0n) is 28.8. The number of hydrogen-bond donors (Lipinski definition) is 0. The van der Waals surface area contributed by atoms with Gasteiger partial charge in [0.15, 0.2) is 0 Å². The summed E-state index contributed by atoms with van der Waals surface area (Å²) in [7, 11) is -0.738. The zero-order chi connectivity index (χ0) is 29.7. The summed E-state index contributed by atoms with van der Waals surface area (Å²) in [6.07, 6.45) is 16.3. The van der Waals surface area contributed by atoms with Gasteiger partial charge in [0.25, 0.3) is 0 Å². The summed E-state index contributed by atoms with van der Waals surface area (Å²) in [6, 6.07) is 5.18. The van der Waals surface area contributed by atoms with Crippen LogP contribution in [0.2, 0.25) is 37.3 Å². The van der Waals surface area contributed by atoms with Crippen molar-refractivity contribution in [1.29, 1.82) is 0 Å². The van der Waals surface area contributed by atoms with E-state index in [1.54, 1.807) is 18.4 Å². The summed E-state index contributed by atoms with van der Waals surface area (Å²) in [5, 5.41) is 0. The molecule has 0 saturated heterocycles. The van der Waals surface area contributed by atoms with E-state index < -0.39 is 15.2 Å². The molecule has 3 aliphatic rings. The third kappa shape index (κ3) is 6.08. The molecule has 3 saturated carbocycles. The van der Waals surface area contributed by atoms with Crippen LogP contribution in [0.1, 0.15) is 142 Å². The molecule has 3 fully saturated rings. The Hall–Kier alpha value is -0.546. The molecule has 4 rings (SSSR count). The minimum absolute atomic E-state index is 0.0778. The topological polar surface area (TPSA) is 9.23 Å². The Kier molecular flexibility index (Phi) is 9.59. The van der Waals surface area contributed by atoms with Gasteiger partial charge in [0.05, 0.1) is 7.11 Å². The first-order valence-corrected chi connectivity index (χ1v) is 24.4. The van der Waals surface area contributed by atoms with E-state index in [1.165, 1.54) is 68.9 Å². The quantitative estimate of drug-likeness (QED) is 0.277. The Bertz CT molecular complexity index is 975. The maximum Gasteiger partial charge on any atom is 0.126 e. The van der Waals surface area contributed by atoms with Crippen LogP contribution in [0.15, 0.2) is 12.1 Å². The third-order valence-corrected chi connectivity index (χ3v) is 33.7. The molecule has 1 aromatic carbocycles. The fourth-order valence-electron chi connectivity index (χ4n) is 9.80. The number of methoxy groups -OCH3 is 1. The van der Waals surface area contributed by atoms with E-state index in [2.05, 4.69) is 86.8 Å². The summed E-state index contributed by atoms with van der Waals surface area (Å²) in [6.45, 7) is 28.1. The van der Waals surface area contributed by atoms with Gasteiger partial charge in [-0.25, -0.2) is 0 Å². The van der Waals surface area contributed by atoms with Gasteiger partial charge in [-0.3, -0.25) is 0 Å². The maximum atomic E-state index is 6.15. The normalized spacial score (nSPS) is 30.0. The van der Waals surface area contributed by atoms with Crippen molar-refractivity contribution in [2.24, 2.45) is 17.8 Å². The zero-order valence-corrected chi connectivity index (χ0v) is 30.8. The molecule has 6 atom stereocenters. The largest absolute Gasteiger partial charge is 0.496 e. The van der Waals surface area contributed by atoms with Crippen LogP contribution in [0.3, 0.4) is 0 Å². The van der Waals surface area contributed by atoms with Crippen LogP contribution in [0, 0.1) is 17.8 Å². The lowest BCUT2D eigenvalue weighted by molar-refractivity contribution is 0.236. The van der Waals surface area contributed by atoms with E-state index in [9.17, 15) is 0 Å². The fourth-order valence-corrected chi connectivity index (χ4v) is 23.9. The Morgan fingerprint density at radius 2 is 1.40 bits per heavy atom. The monoisotopic (exact) mass is 582 g/mol. The van der Waals surface area contributed by atoms with Gasteiger partial charge < -0.3 is 4.74 Å². The summed E-state index contributed by atoms with van der Waals surface area (Å²) in [4.78, 5) is 0. The van der Waals surface area contributed by atoms with Crippen LogP contribution in [-0.4, -0.2) is 22.3 Å². The lowest BCUT2D eigenvalue weighted by Crippen LogP contribution is -2.61. The van der Waals surface area contributed by atoms with Crippen molar-refractivity contribution < 1.29 is 4.74 Å². The molecule has 1 aromatic rings. The summed E-state index contributed by atoms with van der Waals surface area (Å²) < 4.78 is 6.15. The van der Waals surface area contributed by atoms with Crippen molar-refractivity contribution >= 4 is 15.2 Å². The van der Waals surface area contributed by atoms with E-state index in [0.717, 1.165) is 40.5 Å². The Morgan fingerprint density at radius 1 is 0.775 bits per heavy atom. The van der Waals surface area contributed by atoms with E-state index in [0.29, 0.717) is 0 Å². The van der Waals surface area contributed by atoms with Crippen LogP contribution in [0.5, 0.6) is 5.75 Å². The van der Waals surface area contributed by atoms with Gasteiger partial charge in [-0.15, -0.1) is 0 Å². The minimum Gasteiger partial charge on any atom is -0.496 e. The van der Waals surface area contributed by atoms with E-state index in [4.69, 9.17) is 4.74 Å². The smallest absolute Gasteiger partial charge is 0.126 e. The molecule has 0 aromatic heterocycles. The van der Waals surface area contributed by atoms with Crippen molar-refractivity contribution in [3.05, 3.63) is 28.8 Å². The van der Waals surface area contributed by atoms with Gasteiger partial charge in [0, 0.05) is 26.3 Å². The molecule has 0 bridgehead atoms. The molecular formula is C37H66OSi2. The number of unbranched alkanes of at least 4 members (excludes halogenated alkanes) is 1. The van der Waals surface area contributed by atoms with Crippen LogP contribution >= 0.6 is 0 Å². The molecule has 0 amide bonds. The third-order valence-electron chi connectivity index (χ3n) is 12.9. The van der Waals surface area contributed by atoms with Crippen molar-refractivity contribution in [2.75, 3.05) is 7.11 Å². The highest BCUT2D eigenvalue weighted by Gasteiger charge is 2.57. The van der Waals surface area contributed by atoms with Crippen LogP contribution in [0.4, 0.5) is 0 Å². The van der Waals surface area contributed by atoms with Gasteiger partial charge in [0.2, 0.25) is 0 Å². The molecule has 40 heavy (non-hydrogen) atoms. The fraction of sp³-hybridized carbons (Fsp3) is 0.838.